The number of pyridine rings is 1. The average molecular weight is 334 g/mol. The Hall–Kier alpha value is -3.21. The summed E-state index contributed by atoms with van der Waals surface area (Å²) < 4.78 is 5.16. The van der Waals surface area contributed by atoms with Crippen molar-refractivity contribution in [3.05, 3.63) is 77.3 Å². The summed E-state index contributed by atoms with van der Waals surface area (Å²) in [6.07, 6.45) is 4.97. The van der Waals surface area contributed by atoms with Crippen LogP contribution < -0.4 is 4.90 Å². The van der Waals surface area contributed by atoms with Crippen LogP contribution >= 0.6 is 0 Å². The maximum absolute atomic E-state index is 13.0. The van der Waals surface area contributed by atoms with Gasteiger partial charge >= 0.3 is 5.97 Å². The fourth-order valence-corrected chi connectivity index (χ4v) is 2.80. The van der Waals surface area contributed by atoms with Gasteiger partial charge in [-0.05, 0) is 43.7 Å². The lowest BCUT2D eigenvalue weighted by atomic mass is 10.0. The summed E-state index contributed by atoms with van der Waals surface area (Å²) in [5.74, 6) is -0.752. The fourth-order valence-electron chi connectivity index (χ4n) is 2.80. The average Bonchev–Trinajstić information content (AvgIpc) is 2.87. The van der Waals surface area contributed by atoms with Gasteiger partial charge in [0, 0.05) is 23.8 Å². The van der Waals surface area contributed by atoms with Crippen molar-refractivity contribution in [2.24, 2.45) is 0 Å². The van der Waals surface area contributed by atoms with E-state index in [9.17, 15) is 9.59 Å². The number of para-hydroxylation sites is 1. The van der Waals surface area contributed by atoms with E-state index in [4.69, 9.17) is 4.74 Å². The van der Waals surface area contributed by atoms with Gasteiger partial charge in [-0.2, -0.15) is 0 Å². The van der Waals surface area contributed by atoms with E-state index >= 15 is 0 Å². The standard InChI is InChI=1S/C20H18N2O3/c1-3-25-20(24)18-14(2)22(16-9-5-4-6-10-16)19(23)17(18)12-15-8-7-11-21-13-15/h4-13H,3H2,1-2H3/b17-12-. The molecule has 2 aromatic rings. The van der Waals surface area contributed by atoms with Crippen molar-refractivity contribution < 1.29 is 14.3 Å². The molecule has 126 valence electrons. The fraction of sp³-hybridized carbons (Fsp3) is 0.150. The van der Waals surface area contributed by atoms with Crippen LogP contribution in [-0.4, -0.2) is 23.5 Å². The normalized spacial score (nSPS) is 15.8. The summed E-state index contributed by atoms with van der Waals surface area (Å²) >= 11 is 0. The molecule has 0 unspecified atom stereocenters. The summed E-state index contributed by atoms with van der Waals surface area (Å²) in [5.41, 5.74) is 2.62. The third kappa shape index (κ3) is 3.21. The van der Waals surface area contributed by atoms with Gasteiger partial charge in [0.15, 0.2) is 0 Å². The maximum Gasteiger partial charge on any atom is 0.340 e. The van der Waals surface area contributed by atoms with Crippen molar-refractivity contribution in [1.29, 1.82) is 0 Å². The molecule has 0 aliphatic carbocycles. The summed E-state index contributed by atoms with van der Waals surface area (Å²) in [6.45, 7) is 3.74. The molecule has 5 heteroatoms. The van der Waals surface area contributed by atoms with Crippen molar-refractivity contribution in [2.75, 3.05) is 11.5 Å². The monoisotopic (exact) mass is 334 g/mol. The number of carbonyl (C=O) groups excluding carboxylic acids is 2. The van der Waals surface area contributed by atoms with Crippen LogP contribution in [0.2, 0.25) is 0 Å². The number of benzene rings is 1. The number of ether oxygens (including phenoxy) is 1. The third-order valence-electron chi connectivity index (χ3n) is 3.89. The topological polar surface area (TPSA) is 59.5 Å². The highest BCUT2D eigenvalue weighted by Crippen LogP contribution is 2.35. The number of allylic oxidation sites excluding steroid dienone is 1. The zero-order valence-electron chi connectivity index (χ0n) is 14.1. The molecule has 5 nitrogen and oxygen atoms in total. The van der Waals surface area contributed by atoms with E-state index in [1.54, 1.807) is 38.4 Å². The number of nitrogens with zero attached hydrogens (tertiary/aromatic N) is 2. The number of amides is 1. The predicted octanol–water partition coefficient (Wildman–Crippen LogP) is 3.35. The van der Waals surface area contributed by atoms with Crippen molar-refractivity contribution >= 4 is 23.6 Å². The highest BCUT2D eigenvalue weighted by molar-refractivity contribution is 6.23. The molecular weight excluding hydrogens is 316 g/mol. The van der Waals surface area contributed by atoms with E-state index in [2.05, 4.69) is 4.98 Å². The lowest BCUT2D eigenvalue weighted by Gasteiger charge is -2.17. The first-order valence-corrected chi connectivity index (χ1v) is 8.03. The van der Waals surface area contributed by atoms with Crippen LogP contribution in [0.5, 0.6) is 0 Å². The molecule has 1 aliphatic heterocycles. The second-order valence-corrected chi connectivity index (χ2v) is 5.50. The number of hydrogen-bond acceptors (Lipinski definition) is 4. The molecule has 0 saturated carbocycles. The van der Waals surface area contributed by atoms with Gasteiger partial charge in [-0.3, -0.25) is 14.7 Å². The Bertz CT molecular complexity index is 855. The Balaban J connectivity index is 2.12. The van der Waals surface area contributed by atoms with Crippen LogP contribution in [0, 0.1) is 0 Å². The van der Waals surface area contributed by atoms with Crippen molar-refractivity contribution in [3.8, 4) is 0 Å². The van der Waals surface area contributed by atoms with Gasteiger partial charge in [0.1, 0.15) is 0 Å². The zero-order chi connectivity index (χ0) is 17.8. The van der Waals surface area contributed by atoms with Crippen LogP contribution in [0.15, 0.2) is 71.7 Å². The quantitative estimate of drug-likeness (QED) is 0.635. The first-order chi connectivity index (χ1) is 12.1. The van der Waals surface area contributed by atoms with Gasteiger partial charge < -0.3 is 4.74 Å². The van der Waals surface area contributed by atoms with E-state index in [-0.39, 0.29) is 12.5 Å². The van der Waals surface area contributed by atoms with Crippen molar-refractivity contribution in [3.63, 3.8) is 0 Å². The number of aromatic nitrogens is 1. The minimum atomic E-state index is -0.498. The SMILES string of the molecule is CCOC(=O)C1=C(C)N(c2ccccc2)C(=O)/C1=C\c1cccnc1. The number of hydrogen-bond donors (Lipinski definition) is 0. The first-order valence-electron chi connectivity index (χ1n) is 8.03. The van der Waals surface area contributed by atoms with E-state index in [1.165, 1.54) is 4.90 Å². The van der Waals surface area contributed by atoms with E-state index < -0.39 is 5.97 Å². The van der Waals surface area contributed by atoms with Crippen LogP contribution in [0.3, 0.4) is 0 Å². The second-order valence-electron chi connectivity index (χ2n) is 5.50. The molecule has 3 rings (SSSR count). The number of esters is 1. The lowest BCUT2D eigenvalue weighted by Crippen LogP contribution is -2.24. The van der Waals surface area contributed by atoms with Gasteiger partial charge in [0.05, 0.1) is 17.8 Å². The smallest absolute Gasteiger partial charge is 0.340 e. The minimum absolute atomic E-state index is 0.245. The van der Waals surface area contributed by atoms with Gasteiger partial charge in [0.2, 0.25) is 0 Å². The number of rotatable bonds is 4. The summed E-state index contributed by atoms with van der Waals surface area (Å²) in [5, 5.41) is 0. The van der Waals surface area contributed by atoms with Gasteiger partial charge in [-0.25, -0.2) is 4.79 Å². The summed E-state index contributed by atoms with van der Waals surface area (Å²) in [6, 6.07) is 12.8. The maximum atomic E-state index is 13.0. The second kappa shape index (κ2) is 7.13. The molecule has 1 amide bonds. The number of anilines is 1. The van der Waals surface area contributed by atoms with Crippen LogP contribution in [0.4, 0.5) is 5.69 Å². The van der Waals surface area contributed by atoms with Gasteiger partial charge in [0.25, 0.3) is 5.91 Å². The predicted molar refractivity (Wildman–Crippen MR) is 95.5 cm³/mol. The van der Waals surface area contributed by atoms with Crippen LogP contribution in [0.1, 0.15) is 19.4 Å². The molecule has 1 aromatic heterocycles. The van der Waals surface area contributed by atoms with E-state index in [0.29, 0.717) is 22.5 Å². The molecule has 25 heavy (non-hydrogen) atoms. The van der Waals surface area contributed by atoms with E-state index in [1.807, 2.05) is 36.4 Å². The molecule has 1 aromatic carbocycles. The van der Waals surface area contributed by atoms with Crippen molar-refractivity contribution in [1.82, 2.24) is 4.98 Å². The number of carbonyl (C=O) groups is 2. The lowest BCUT2D eigenvalue weighted by molar-refractivity contribution is -0.138. The Morgan fingerprint density at radius 2 is 1.96 bits per heavy atom. The van der Waals surface area contributed by atoms with E-state index in [0.717, 1.165) is 5.56 Å². The minimum Gasteiger partial charge on any atom is -0.462 e. The molecule has 0 radical (unpaired) electrons. The Labute approximate surface area is 146 Å². The molecule has 0 N–H and O–H groups in total. The molecule has 0 spiro atoms. The molecule has 1 aliphatic rings. The highest BCUT2D eigenvalue weighted by Gasteiger charge is 2.37. The zero-order valence-corrected chi connectivity index (χ0v) is 14.1. The summed E-state index contributed by atoms with van der Waals surface area (Å²) in [4.78, 5) is 31.1. The first kappa shape index (κ1) is 16.6. The molecule has 0 saturated heterocycles. The molecular formula is C20H18N2O3. The Kier molecular flexibility index (Phi) is 4.75. The van der Waals surface area contributed by atoms with Gasteiger partial charge in [-0.15, -0.1) is 0 Å². The van der Waals surface area contributed by atoms with Crippen LogP contribution in [0.25, 0.3) is 6.08 Å². The highest BCUT2D eigenvalue weighted by atomic mass is 16.5. The Morgan fingerprint density at radius 1 is 1.20 bits per heavy atom. The van der Waals surface area contributed by atoms with Gasteiger partial charge in [-0.1, -0.05) is 24.3 Å². The molecule has 0 fully saturated rings. The van der Waals surface area contributed by atoms with Crippen LogP contribution in [-0.2, 0) is 14.3 Å². The third-order valence-corrected chi connectivity index (χ3v) is 3.89. The summed E-state index contributed by atoms with van der Waals surface area (Å²) in [7, 11) is 0. The Morgan fingerprint density at radius 3 is 2.60 bits per heavy atom. The van der Waals surface area contributed by atoms with Crippen molar-refractivity contribution in [2.45, 2.75) is 13.8 Å². The largest absolute Gasteiger partial charge is 0.462 e. The molecule has 2 heterocycles. The molecule has 0 atom stereocenters. The molecule has 0 bridgehead atoms.